The number of ether oxygens (including phenoxy) is 1. The van der Waals surface area contributed by atoms with Crippen LogP contribution in [0.5, 0.6) is 0 Å². The molecule has 0 aliphatic carbocycles. The van der Waals surface area contributed by atoms with E-state index in [2.05, 4.69) is 6.92 Å². The van der Waals surface area contributed by atoms with Crippen molar-refractivity contribution in [2.75, 3.05) is 0 Å². The molecule has 0 amide bonds. The van der Waals surface area contributed by atoms with E-state index in [1.807, 2.05) is 0 Å². The number of carbonyl (C=O) groups excluding carboxylic acids is 1. The van der Waals surface area contributed by atoms with Crippen LogP contribution in [-0.2, 0) is 9.53 Å². The van der Waals surface area contributed by atoms with Crippen molar-refractivity contribution in [3.8, 4) is 0 Å². The second-order valence-electron chi connectivity index (χ2n) is 2.87. The molecule has 0 fully saturated rings. The average Bonchev–Trinajstić information content (AvgIpc) is 1.97. The molecule has 0 heterocycles. The third-order valence-corrected chi connectivity index (χ3v) is 1.89. The molecule has 0 aromatic rings. The van der Waals surface area contributed by atoms with E-state index in [4.69, 9.17) is 16.3 Å². The van der Waals surface area contributed by atoms with Gasteiger partial charge >= 0.3 is 5.97 Å². The number of esters is 1. The van der Waals surface area contributed by atoms with E-state index in [1.165, 1.54) is 26.2 Å². The Hall–Kier alpha value is -0.240. The molecule has 0 aromatic carbocycles. The Kier molecular flexibility index (Phi) is 7.26. The van der Waals surface area contributed by atoms with Crippen LogP contribution in [0.25, 0.3) is 0 Å². The lowest BCUT2D eigenvalue weighted by Crippen LogP contribution is -2.09. The highest BCUT2D eigenvalue weighted by molar-refractivity contribution is 6.20. The van der Waals surface area contributed by atoms with Crippen molar-refractivity contribution < 1.29 is 9.53 Å². The van der Waals surface area contributed by atoms with Crippen molar-refractivity contribution in [3.05, 3.63) is 0 Å². The maximum atomic E-state index is 10.4. The number of alkyl halides is 1. The number of hydrogen-bond donors (Lipinski definition) is 0. The van der Waals surface area contributed by atoms with Gasteiger partial charge < -0.3 is 4.74 Å². The van der Waals surface area contributed by atoms with Gasteiger partial charge in [0, 0.05) is 6.92 Å². The smallest absolute Gasteiger partial charge is 0.304 e. The van der Waals surface area contributed by atoms with E-state index in [1.54, 1.807) is 0 Å². The van der Waals surface area contributed by atoms with Crippen molar-refractivity contribution >= 4 is 17.6 Å². The summed E-state index contributed by atoms with van der Waals surface area (Å²) in [6.45, 7) is 3.53. The lowest BCUT2D eigenvalue weighted by atomic mass is 10.2. The number of hydrogen-bond acceptors (Lipinski definition) is 2. The van der Waals surface area contributed by atoms with Crippen molar-refractivity contribution in [1.82, 2.24) is 0 Å². The first-order valence-electron chi connectivity index (χ1n) is 4.48. The summed E-state index contributed by atoms with van der Waals surface area (Å²) in [5.74, 6) is -0.300. The SMILES string of the molecule is CCCCCCC(Cl)OC(C)=O. The molecular weight excluding hydrogens is 176 g/mol. The molecule has 0 aliphatic heterocycles. The van der Waals surface area contributed by atoms with Gasteiger partial charge in [-0.25, -0.2) is 0 Å². The minimum absolute atomic E-state index is 0.300. The summed E-state index contributed by atoms with van der Waals surface area (Å²) in [6, 6.07) is 0. The molecule has 0 N–H and O–H groups in total. The number of carbonyl (C=O) groups is 1. The summed E-state index contributed by atoms with van der Waals surface area (Å²) >= 11 is 5.71. The number of rotatable bonds is 6. The van der Waals surface area contributed by atoms with Gasteiger partial charge in [-0.05, 0) is 12.8 Å². The van der Waals surface area contributed by atoms with Gasteiger partial charge in [-0.1, -0.05) is 37.8 Å². The topological polar surface area (TPSA) is 26.3 Å². The molecule has 0 rings (SSSR count). The van der Waals surface area contributed by atoms with Crippen LogP contribution in [0.15, 0.2) is 0 Å². The van der Waals surface area contributed by atoms with Crippen LogP contribution in [0.4, 0.5) is 0 Å². The molecule has 1 unspecified atom stereocenters. The largest absolute Gasteiger partial charge is 0.446 e. The summed E-state index contributed by atoms with van der Waals surface area (Å²) in [5.41, 5.74) is -0.431. The van der Waals surface area contributed by atoms with Crippen molar-refractivity contribution in [2.24, 2.45) is 0 Å². The van der Waals surface area contributed by atoms with E-state index in [-0.39, 0.29) is 5.97 Å². The second kappa shape index (κ2) is 7.41. The van der Waals surface area contributed by atoms with Crippen LogP contribution in [-0.4, -0.2) is 11.5 Å². The zero-order chi connectivity index (χ0) is 9.40. The van der Waals surface area contributed by atoms with Gasteiger partial charge in [-0.3, -0.25) is 4.79 Å². The van der Waals surface area contributed by atoms with E-state index >= 15 is 0 Å². The van der Waals surface area contributed by atoms with E-state index in [9.17, 15) is 4.79 Å². The Labute approximate surface area is 79.2 Å². The quantitative estimate of drug-likeness (QED) is 0.367. The molecule has 3 heteroatoms. The molecule has 0 radical (unpaired) electrons. The molecule has 0 saturated heterocycles. The lowest BCUT2D eigenvalue weighted by Gasteiger charge is -2.08. The highest BCUT2D eigenvalue weighted by Crippen LogP contribution is 2.11. The fourth-order valence-electron chi connectivity index (χ4n) is 0.971. The van der Waals surface area contributed by atoms with Gasteiger partial charge in [0.2, 0.25) is 0 Å². The Bertz CT molecular complexity index is 126. The molecule has 72 valence electrons. The predicted octanol–water partition coefficient (Wildman–Crippen LogP) is 3.08. The first-order chi connectivity index (χ1) is 5.66. The van der Waals surface area contributed by atoms with E-state index in [0.29, 0.717) is 0 Å². The summed E-state index contributed by atoms with van der Waals surface area (Å²) in [4.78, 5) is 10.4. The molecule has 0 aromatic heterocycles. The van der Waals surface area contributed by atoms with Crippen LogP contribution in [0.1, 0.15) is 46.0 Å². The normalized spacial score (nSPS) is 12.6. The van der Waals surface area contributed by atoms with Crippen molar-refractivity contribution in [2.45, 2.75) is 51.5 Å². The van der Waals surface area contributed by atoms with Crippen LogP contribution in [0, 0.1) is 0 Å². The molecule has 2 nitrogen and oxygen atoms in total. The molecule has 0 aliphatic rings. The van der Waals surface area contributed by atoms with E-state index in [0.717, 1.165) is 12.8 Å². The lowest BCUT2D eigenvalue weighted by molar-refractivity contribution is -0.142. The Morgan fingerprint density at radius 1 is 1.42 bits per heavy atom. The van der Waals surface area contributed by atoms with Gasteiger partial charge in [-0.2, -0.15) is 0 Å². The van der Waals surface area contributed by atoms with Crippen LogP contribution in [0.2, 0.25) is 0 Å². The molecule has 0 spiro atoms. The third kappa shape index (κ3) is 7.86. The zero-order valence-corrected chi connectivity index (χ0v) is 8.56. The maximum Gasteiger partial charge on any atom is 0.304 e. The van der Waals surface area contributed by atoms with Crippen LogP contribution >= 0.6 is 11.6 Å². The number of unbranched alkanes of at least 4 members (excludes halogenated alkanes) is 3. The Balaban J connectivity index is 3.19. The molecule has 0 saturated carbocycles. The standard InChI is InChI=1S/C9H17ClO2/c1-3-4-5-6-7-9(10)12-8(2)11/h9H,3-7H2,1-2H3. The highest BCUT2D eigenvalue weighted by atomic mass is 35.5. The summed E-state index contributed by atoms with van der Waals surface area (Å²) < 4.78 is 4.76. The fraction of sp³-hybridized carbons (Fsp3) is 0.889. The zero-order valence-electron chi connectivity index (χ0n) is 7.81. The van der Waals surface area contributed by atoms with Gasteiger partial charge in [0.05, 0.1) is 0 Å². The predicted molar refractivity (Wildman–Crippen MR) is 50.2 cm³/mol. The third-order valence-electron chi connectivity index (χ3n) is 1.58. The Morgan fingerprint density at radius 2 is 2.08 bits per heavy atom. The first-order valence-corrected chi connectivity index (χ1v) is 4.91. The maximum absolute atomic E-state index is 10.4. The second-order valence-corrected chi connectivity index (χ2v) is 3.36. The first kappa shape index (κ1) is 11.8. The molecular formula is C9H17ClO2. The van der Waals surface area contributed by atoms with Crippen molar-refractivity contribution in [3.63, 3.8) is 0 Å². The van der Waals surface area contributed by atoms with Gasteiger partial charge in [0.25, 0.3) is 0 Å². The molecule has 12 heavy (non-hydrogen) atoms. The monoisotopic (exact) mass is 192 g/mol. The number of halogens is 1. The molecule has 0 bridgehead atoms. The van der Waals surface area contributed by atoms with E-state index < -0.39 is 5.56 Å². The molecule has 1 atom stereocenters. The van der Waals surface area contributed by atoms with Crippen molar-refractivity contribution in [1.29, 1.82) is 0 Å². The average molecular weight is 193 g/mol. The van der Waals surface area contributed by atoms with Gasteiger partial charge in [-0.15, -0.1) is 0 Å². The van der Waals surface area contributed by atoms with Crippen LogP contribution in [0.3, 0.4) is 0 Å². The Morgan fingerprint density at radius 3 is 2.58 bits per heavy atom. The van der Waals surface area contributed by atoms with Gasteiger partial charge in [0.15, 0.2) is 5.56 Å². The fourth-order valence-corrected chi connectivity index (χ4v) is 1.25. The minimum atomic E-state index is -0.431. The minimum Gasteiger partial charge on any atom is -0.446 e. The van der Waals surface area contributed by atoms with Crippen LogP contribution < -0.4 is 0 Å². The summed E-state index contributed by atoms with van der Waals surface area (Å²) in [6.07, 6.45) is 5.40. The highest BCUT2D eigenvalue weighted by Gasteiger charge is 2.05. The van der Waals surface area contributed by atoms with Gasteiger partial charge in [0.1, 0.15) is 0 Å². The summed E-state index contributed by atoms with van der Waals surface area (Å²) in [7, 11) is 0. The summed E-state index contributed by atoms with van der Waals surface area (Å²) in [5, 5.41) is 0.